The van der Waals surface area contributed by atoms with Gasteiger partial charge in [0.25, 0.3) is 5.56 Å². The van der Waals surface area contributed by atoms with Gasteiger partial charge in [0.05, 0.1) is 5.69 Å². The zero-order chi connectivity index (χ0) is 11.1. The summed E-state index contributed by atoms with van der Waals surface area (Å²) in [6, 6.07) is 3.55. The summed E-state index contributed by atoms with van der Waals surface area (Å²) in [5.41, 5.74) is 1.60. The summed E-state index contributed by atoms with van der Waals surface area (Å²) in [5.74, 6) is 2.62. The van der Waals surface area contributed by atoms with E-state index in [1.807, 2.05) is 0 Å². The first-order valence-corrected chi connectivity index (χ1v) is 6.64. The third-order valence-electron chi connectivity index (χ3n) is 2.39. The molecule has 0 saturated heterocycles. The lowest BCUT2D eigenvalue weighted by Crippen LogP contribution is -2.14. The Bertz CT molecular complexity index is 605. The minimum Gasteiger partial charge on any atom is -0.446 e. The predicted molar refractivity (Wildman–Crippen MR) is 65.3 cm³/mol. The van der Waals surface area contributed by atoms with Crippen LogP contribution in [0.15, 0.2) is 26.0 Å². The van der Waals surface area contributed by atoms with E-state index in [-0.39, 0.29) is 5.56 Å². The van der Waals surface area contributed by atoms with Crippen molar-refractivity contribution >= 4 is 27.7 Å². The van der Waals surface area contributed by atoms with Crippen LogP contribution in [-0.2, 0) is 11.5 Å². The molecule has 2 aromatic heterocycles. The predicted octanol–water partition coefficient (Wildman–Crippen LogP) is 2.54. The molecular formula is C10H7BrN2O2S. The Hall–Kier alpha value is -1.01. The molecule has 0 amide bonds. The van der Waals surface area contributed by atoms with Crippen LogP contribution in [0.25, 0.3) is 11.6 Å². The molecule has 0 fully saturated rings. The molecule has 3 rings (SSSR count). The number of halogens is 1. The highest BCUT2D eigenvalue weighted by Gasteiger charge is 2.18. The SMILES string of the molecule is O=c1[nH]c(-c2ccc(Br)o2)nc2c1CSC2. The van der Waals surface area contributed by atoms with Crippen LogP contribution in [-0.4, -0.2) is 9.97 Å². The van der Waals surface area contributed by atoms with Gasteiger partial charge in [-0.25, -0.2) is 4.98 Å². The fourth-order valence-corrected chi connectivity index (χ4v) is 2.96. The minimum absolute atomic E-state index is 0.0578. The van der Waals surface area contributed by atoms with Crippen LogP contribution >= 0.6 is 27.7 Å². The maximum atomic E-state index is 11.7. The van der Waals surface area contributed by atoms with Crippen LogP contribution in [0.5, 0.6) is 0 Å². The smallest absolute Gasteiger partial charge is 0.255 e. The molecule has 1 N–H and O–H groups in total. The Kier molecular flexibility index (Phi) is 2.40. The van der Waals surface area contributed by atoms with Crippen molar-refractivity contribution in [3.63, 3.8) is 0 Å². The van der Waals surface area contributed by atoms with Crippen molar-refractivity contribution in [2.75, 3.05) is 0 Å². The van der Waals surface area contributed by atoms with E-state index in [0.29, 0.717) is 16.3 Å². The normalized spacial score (nSPS) is 14.1. The van der Waals surface area contributed by atoms with Crippen LogP contribution < -0.4 is 5.56 Å². The Labute approximate surface area is 104 Å². The Morgan fingerprint density at radius 3 is 3.06 bits per heavy atom. The number of thioether (sulfide) groups is 1. The van der Waals surface area contributed by atoms with Gasteiger partial charge < -0.3 is 9.40 Å². The van der Waals surface area contributed by atoms with Crippen LogP contribution in [0.1, 0.15) is 11.3 Å². The van der Waals surface area contributed by atoms with Crippen LogP contribution in [0.4, 0.5) is 0 Å². The van der Waals surface area contributed by atoms with E-state index >= 15 is 0 Å². The first-order valence-electron chi connectivity index (χ1n) is 4.69. The third-order valence-corrected chi connectivity index (χ3v) is 3.79. The fraction of sp³-hybridized carbons (Fsp3) is 0.200. The number of furan rings is 1. The molecule has 0 radical (unpaired) electrons. The zero-order valence-electron chi connectivity index (χ0n) is 8.12. The first-order chi connectivity index (χ1) is 7.74. The summed E-state index contributed by atoms with van der Waals surface area (Å²) in [5, 5.41) is 0. The number of aromatic nitrogens is 2. The standard InChI is InChI=1S/C10H7BrN2O2S/c11-8-2-1-7(15-8)9-12-6-4-16-3-5(6)10(14)13-9/h1-2H,3-4H2,(H,12,13,14). The van der Waals surface area contributed by atoms with Gasteiger partial charge in [-0.1, -0.05) is 0 Å². The van der Waals surface area contributed by atoms with Crippen molar-refractivity contribution in [3.05, 3.63) is 38.4 Å². The van der Waals surface area contributed by atoms with E-state index in [9.17, 15) is 4.79 Å². The summed E-state index contributed by atoms with van der Waals surface area (Å²) in [7, 11) is 0. The summed E-state index contributed by atoms with van der Waals surface area (Å²) < 4.78 is 5.99. The van der Waals surface area contributed by atoms with Crippen molar-refractivity contribution in [1.29, 1.82) is 0 Å². The second kappa shape index (κ2) is 3.78. The molecule has 6 heteroatoms. The molecule has 2 aromatic rings. The highest BCUT2D eigenvalue weighted by molar-refractivity contribution is 9.10. The van der Waals surface area contributed by atoms with Gasteiger partial charge >= 0.3 is 0 Å². The number of nitrogens with zero attached hydrogens (tertiary/aromatic N) is 1. The molecule has 0 atom stereocenters. The Morgan fingerprint density at radius 2 is 2.31 bits per heavy atom. The van der Waals surface area contributed by atoms with Crippen molar-refractivity contribution < 1.29 is 4.42 Å². The first kappa shape index (κ1) is 10.2. The van der Waals surface area contributed by atoms with Crippen LogP contribution in [0.3, 0.4) is 0 Å². The number of rotatable bonds is 1. The molecule has 0 unspecified atom stereocenters. The lowest BCUT2D eigenvalue weighted by atomic mass is 10.2. The highest BCUT2D eigenvalue weighted by Crippen LogP contribution is 2.28. The number of aromatic amines is 1. The molecule has 0 aliphatic carbocycles. The Balaban J connectivity index is 2.16. The van der Waals surface area contributed by atoms with E-state index in [1.165, 1.54) is 0 Å². The second-order valence-corrected chi connectivity index (χ2v) is 5.20. The van der Waals surface area contributed by atoms with Crippen molar-refractivity contribution in [1.82, 2.24) is 9.97 Å². The van der Waals surface area contributed by atoms with E-state index < -0.39 is 0 Å². The summed E-state index contributed by atoms with van der Waals surface area (Å²) in [4.78, 5) is 18.9. The van der Waals surface area contributed by atoms with Crippen LogP contribution in [0.2, 0.25) is 0 Å². The highest BCUT2D eigenvalue weighted by atomic mass is 79.9. The fourth-order valence-electron chi connectivity index (χ4n) is 1.62. The monoisotopic (exact) mass is 298 g/mol. The maximum absolute atomic E-state index is 11.7. The molecule has 0 saturated carbocycles. The van der Waals surface area contributed by atoms with E-state index in [2.05, 4.69) is 25.9 Å². The number of fused-ring (bicyclic) bond motifs is 1. The van der Waals surface area contributed by atoms with Gasteiger partial charge in [-0.05, 0) is 28.1 Å². The van der Waals surface area contributed by atoms with E-state index in [1.54, 1.807) is 23.9 Å². The van der Waals surface area contributed by atoms with Gasteiger partial charge in [-0.3, -0.25) is 4.79 Å². The molecule has 0 spiro atoms. The van der Waals surface area contributed by atoms with Gasteiger partial charge in [0, 0.05) is 17.1 Å². The van der Waals surface area contributed by atoms with Crippen molar-refractivity contribution in [2.45, 2.75) is 11.5 Å². The third kappa shape index (κ3) is 1.62. The molecule has 82 valence electrons. The molecule has 0 bridgehead atoms. The molecule has 4 nitrogen and oxygen atoms in total. The summed E-state index contributed by atoms with van der Waals surface area (Å²) in [6.07, 6.45) is 0. The molecule has 1 aliphatic rings. The van der Waals surface area contributed by atoms with Crippen molar-refractivity contribution in [3.8, 4) is 11.6 Å². The molecular weight excluding hydrogens is 292 g/mol. The largest absolute Gasteiger partial charge is 0.446 e. The average Bonchev–Trinajstić information content (AvgIpc) is 2.85. The second-order valence-electron chi connectivity index (χ2n) is 3.44. The van der Waals surface area contributed by atoms with Gasteiger partial charge in [-0.15, -0.1) is 0 Å². The summed E-state index contributed by atoms with van der Waals surface area (Å²) >= 11 is 4.92. The van der Waals surface area contributed by atoms with Gasteiger partial charge in [0.15, 0.2) is 16.3 Å². The van der Waals surface area contributed by atoms with Gasteiger partial charge in [0.2, 0.25) is 0 Å². The van der Waals surface area contributed by atoms with Gasteiger partial charge in [0.1, 0.15) is 0 Å². The molecule has 1 aliphatic heterocycles. The minimum atomic E-state index is -0.0578. The number of nitrogens with one attached hydrogen (secondary N) is 1. The molecule has 3 heterocycles. The molecule has 16 heavy (non-hydrogen) atoms. The number of hydrogen-bond donors (Lipinski definition) is 1. The lowest BCUT2D eigenvalue weighted by Gasteiger charge is -2.00. The maximum Gasteiger partial charge on any atom is 0.255 e. The van der Waals surface area contributed by atoms with E-state index in [4.69, 9.17) is 4.42 Å². The van der Waals surface area contributed by atoms with Gasteiger partial charge in [-0.2, -0.15) is 11.8 Å². The van der Waals surface area contributed by atoms with Crippen LogP contribution in [0, 0.1) is 0 Å². The lowest BCUT2D eigenvalue weighted by molar-refractivity contribution is 0.550. The van der Waals surface area contributed by atoms with Crippen molar-refractivity contribution in [2.24, 2.45) is 0 Å². The topological polar surface area (TPSA) is 58.9 Å². The quantitative estimate of drug-likeness (QED) is 0.879. The Morgan fingerprint density at radius 1 is 1.44 bits per heavy atom. The zero-order valence-corrected chi connectivity index (χ0v) is 10.5. The number of H-pyrrole nitrogens is 1. The van der Waals surface area contributed by atoms with E-state index in [0.717, 1.165) is 22.8 Å². The number of hydrogen-bond acceptors (Lipinski definition) is 4. The summed E-state index contributed by atoms with van der Waals surface area (Å²) in [6.45, 7) is 0. The average molecular weight is 299 g/mol. The molecule has 0 aromatic carbocycles.